The lowest BCUT2D eigenvalue weighted by molar-refractivity contribution is -0.447. The van der Waals surface area contributed by atoms with E-state index in [2.05, 4.69) is 4.74 Å². The number of hydrogen-bond acceptors (Lipinski definition) is 3. The van der Waals surface area contributed by atoms with Crippen molar-refractivity contribution in [3.05, 3.63) is 12.3 Å². The van der Waals surface area contributed by atoms with E-state index in [1.54, 1.807) is 6.58 Å². The van der Waals surface area contributed by atoms with Crippen LogP contribution in [0.4, 0.5) is 61.5 Å². The lowest BCUT2D eigenvalue weighted by Crippen LogP contribution is -2.73. The first-order valence-corrected chi connectivity index (χ1v) is 7.12. The molecule has 0 radical (unpaired) electrons. The minimum absolute atomic E-state index is 0.465. The molecule has 1 atom stereocenters. The standard InChI is InChI=1S/C12H10F14N2O/c1-6(7(13,14)15)29-11(22,23)8(16,9(17,18)19)10(20,21)27-2-4-28(5-3-27)12(24,25)26/h1-5H2. The smallest absolute Gasteiger partial charge is 0.425 e. The highest BCUT2D eigenvalue weighted by Crippen LogP contribution is 2.56. The molecule has 0 bridgehead atoms. The zero-order valence-corrected chi connectivity index (χ0v) is 13.6. The summed E-state index contributed by atoms with van der Waals surface area (Å²) < 4.78 is 185. The topological polar surface area (TPSA) is 15.7 Å². The molecule has 0 amide bonds. The van der Waals surface area contributed by atoms with Gasteiger partial charge in [-0.3, -0.25) is 0 Å². The lowest BCUT2D eigenvalue weighted by atomic mass is 9.98. The summed E-state index contributed by atoms with van der Waals surface area (Å²) in [5, 5.41) is 0. The summed E-state index contributed by atoms with van der Waals surface area (Å²) in [4.78, 5) is -1.45. The van der Waals surface area contributed by atoms with E-state index in [4.69, 9.17) is 0 Å². The van der Waals surface area contributed by atoms with Crippen LogP contribution in [0.3, 0.4) is 0 Å². The van der Waals surface area contributed by atoms with Crippen LogP contribution in [-0.4, -0.2) is 72.5 Å². The van der Waals surface area contributed by atoms with Crippen molar-refractivity contribution in [1.29, 1.82) is 0 Å². The van der Waals surface area contributed by atoms with Crippen molar-refractivity contribution in [3.8, 4) is 0 Å². The quantitative estimate of drug-likeness (QED) is 0.334. The van der Waals surface area contributed by atoms with Gasteiger partial charge < -0.3 is 4.74 Å². The number of halogens is 14. The predicted octanol–water partition coefficient (Wildman–Crippen LogP) is 4.67. The van der Waals surface area contributed by atoms with E-state index in [1.165, 1.54) is 0 Å². The third-order valence-corrected chi connectivity index (χ3v) is 3.81. The third-order valence-electron chi connectivity index (χ3n) is 3.81. The van der Waals surface area contributed by atoms with Gasteiger partial charge in [-0.25, -0.2) is 14.2 Å². The fourth-order valence-electron chi connectivity index (χ4n) is 2.25. The molecule has 1 aliphatic heterocycles. The Morgan fingerprint density at radius 1 is 0.655 bits per heavy atom. The van der Waals surface area contributed by atoms with Gasteiger partial charge in [-0.15, -0.1) is 0 Å². The van der Waals surface area contributed by atoms with Crippen molar-refractivity contribution in [3.63, 3.8) is 0 Å². The Kier molecular flexibility index (Phi) is 6.44. The molecule has 1 unspecified atom stereocenters. The van der Waals surface area contributed by atoms with Gasteiger partial charge >= 0.3 is 36.5 Å². The normalized spacial score (nSPS) is 21.0. The van der Waals surface area contributed by atoms with Gasteiger partial charge in [0.15, 0.2) is 5.76 Å². The van der Waals surface area contributed by atoms with Gasteiger partial charge in [0, 0.05) is 26.2 Å². The molecule has 0 aromatic heterocycles. The molecule has 1 rings (SSSR count). The van der Waals surface area contributed by atoms with Crippen LogP contribution in [0.15, 0.2) is 12.3 Å². The Morgan fingerprint density at radius 3 is 1.34 bits per heavy atom. The fraction of sp³-hybridized carbons (Fsp3) is 0.833. The molecule has 0 N–H and O–H groups in total. The summed E-state index contributed by atoms with van der Waals surface area (Å²) in [6.07, 6.45) is -25.1. The molecule has 0 saturated carbocycles. The van der Waals surface area contributed by atoms with Crippen molar-refractivity contribution in [2.75, 3.05) is 26.2 Å². The molecule has 3 nitrogen and oxygen atoms in total. The largest absolute Gasteiger partial charge is 0.460 e. The summed E-state index contributed by atoms with van der Waals surface area (Å²) in [6.45, 7) is -4.46. The molecule has 0 aromatic carbocycles. The van der Waals surface area contributed by atoms with E-state index in [0.29, 0.717) is 0 Å². The maximum atomic E-state index is 14.3. The second kappa shape index (κ2) is 7.31. The van der Waals surface area contributed by atoms with Crippen molar-refractivity contribution < 1.29 is 66.2 Å². The van der Waals surface area contributed by atoms with Gasteiger partial charge in [-0.05, 0) is 0 Å². The van der Waals surface area contributed by atoms with Gasteiger partial charge in [-0.1, -0.05) is 6.58 Å². The van der Waals surface area contributed by atoms with E-state index in [9.17, 15) is 61.5 Å². The fourth-order valence-corrected chi connectivity index (χ4v) is 2.25. The summed E-state index contributed by atoms with van der Waals surface area (Å²) >= 11 is 0. The number of alkyl halides is 14. The molecule has 17 heteroatoms. The van der Waals surface area contributed by atoms with Crippen LogP contribution in [0.5, 0.6) is 0 Å². The number of allylic oxidation sites excluding steroid dienone is 1. The second-order valence-corrected chi connectivity index (χ2v) is 5.68. The SMILES string of the molecule is C=C(OC(F)(F)C(F)(C(F)(F)F)C(F)(F)N1CCN(C(F)(F)F)CC1)C(F)(F)F. The van der Waals surface area contributed by atoms with E-state index < -0.39 is 78.2 Å². The average Bonchev–Trinajstić information content (AvgIpc) is 2.50. The first-order valence-electron chi connectivity index (χ1n) is 7.12. The zero-order chi connectivity index (χ0) is 23.3. The summed E-state index contributed by atoms with van der Waals surface area (Å²) in [7, 11) is 0. The summed E-state index contributed by atoms with van der Waals surface area (Å²) in [5.74, 6) is -3.11. The average molecular weight is 464 g/mol. The van der Waals surface area contributed by atoms with Crippen LogP contribution in [0.25, 0.3) is 0 Å². The number of piperazine rings is 1. The van der Waals surface area contributed by atoms with Crippen LogP contribution in [0, 0.1) is 0 Å². The van der Waals surface area contributed by atoms with Crippen molar-refractivity contribution in [2.24, 2.45) is 0 Å². The van der Waals surface area contributed by atoms with Gasteiger partial charge in [0.05, 0.1) is 0 Å². The van der Waals surface area contributed by atoms with Gasteiger partial charge in [-0.2, -0.15) is 57.1 Å². The van der Waals surface area contributed by atoms with E-state index in [-0.39, 0.29) is 0 Å². The molecule has 29 heavy (non-hydrogen) atoms. The highest BCUT2D eigenvalue weighted by Gasteiger charge is 2.87. The van der Waals surface area contributed by atoms with E-state index >= 15 is 0 Å². The predicted molar refractivity (Wildman–Crippen MR) is 65.3 cm³/mol. The first-order chi connectivity index (χ1) is 12.6. The van der Waals surface area contributed by atoms with Crippen LogP contribution >= 0.6 is 0 Å². The molecule has 1 heterocycles. The van der Waals surface area contributed by atoms with Gasteiger partial charge in [0.25, 0.3) is 0 Å². The van der Waals surface area contributed by atoms with Gasteiger partial charge in [0.1, 0.15) is 0 Å². The van der Waals surface area contributed by atoms with Crippen molar-refractivity contribution in [1.82, 2.24) is 9.80 Å². The van der Waals surface area contributed by atoms with Crippen LogP contribution in [0.1, 0.15) is 0 Å². The molecule has 1 aliphatic rings. The number of nitrogens with zero attached hydrogens (tertiary/aromatic N) is 2. The minimum Gasteiger partial charge on any atom is -0.425 e. The molecular formula is C12H10F14N2O. The Balaban J connectivity index is 3.30. The molecule has 1 saturated heterocycles. The van der Waals surface area contributed by atoms with E-state index in [0.717, 1.165) is 0 Å². The monoisotopic (exact) mass is 464 g/mol. The minimum atomic E-state index is -7.22. The maximum absolute atomic E-state index is 14.3. The number of ether oxygens (including phenoxy) is 1. The zero-order valence-electron chi connectivity index (χ0n) is 13.6. The Hall–Kier alpha value is -1.52. The van der Waals surface area contributed by atoms with Crippen molar-refractivity contribution >= 4 is 0 Å². The summed E-state index contributed by atoms with van der Waals surface area (Å²) in [5.41, 5.74) is -7.07. The maximum Gasteiger partial charge on any atom is 0.460 e. The molecule has 0 spiro atoms. The van der Waals surface area contributed by atoms with Crippen molar-refractivity contribution in [2.45, 2.75) is 36.5 Å². The number of hydrogen-bond donors (Lipinski definition) is 0. The lowest BCUT2D eigenvalue weighted by Gasteiger charge is -2.46. The van der Waals surface area contributed by atoms with Crippen LogP contribution in [-0.2, 0) is 4.74 Å². The third kappa shape index (κ3) is 4.64. The first kappa shape index (κ1) is 25.5. The second-order valence-electron chi connectivity index (χ2n) is 5.68. The van der Waals surface area contributed by atoms with Gasteiger partial charge in [0.2, 0.25) is 0 Å². The molecule has 0 aliphatic carbocycles. The highest BCUT2D eigenvalue weighted by atomic mass is 19.4. The Morgan fingerprint density at radius 2 is 1.03 bits per heavy atom. The molecule has 172 valence electrons. The molecule has 1 fully saturated rings. The number of rotatable bonds is 5. The molecule has 0 aromatic rings. The van der Waals surface area contributed by atoms with E-state index in [1.807, 2.05) is 0 Å². The Bertz CT molecular complexity index is 601. The van der Waals surface area contributed by atoms with Crippen LogP contribution in [0.2, 0.25) is 0 Å². The highest BCUT2D eigenvalue weighted by molar-refractivity contribution is 5.08. The van der Waals surface area contributed by atoms with Crippen LogP contribution < -0.4 is 0 Å². The molecular weight excluding hydrogens is 454 g/mol. The Labute approximate surface area is 152 Å². The summed E-state index contributed by atoms with van der Waals surface area (Å²) in [6, 6.07) is -6.32.